The molecule has 1 aromatic rings. The van der Waals surface area contributed by atoms with E-state index in [0.29, 0.717) is 5.92 Å². The molecule has 0 aromatic heterocycles. The first-order valence-corrected chi connectivity index (χ1v) is 7.56. The van der Waals surface area contributed by atoms with Crippen molar-refractivity contribution >= 4 is 0 Å². The Hall–Kier alpha value is -1.96. The molecular weight excluding hydrogens is 260 g/mol. The van der Waals surface area contributed by atoms with Gasteiger partial charge < -0.3 is 9.47 Å². The highest BCUT2D eigenvalue weighted by atomic mass is 16.5. The van der Waals surface area contributed by atoms with Crippen LogP contribution in [-0.4, -0.2) is 7.11 Å². The maximum Gasteiger partial charge on any atom is 0.126 e. The molecule has 0 amide bonds. The summed E-state index contributed by atoms with van der Waals surface area (Å²) >= 11 is 0. The lowest BCUT2D eigenvalue weighted by molar-refractivity contribution is 0.189. The molecule has 0 aliphatic heterocycles. The van der Waals surface area contributed by atoms with Gasteiger partial charge in [-0.25, -0.2) is 0 Å². The topological polar surface area (TPSA) is 18.5 Å². The van der Waals surface area contributed by atoms with E-state index in [1.165, 1.54) is 19.3 Å². The summed E-state index contributed by atoms with van der Waals surface area (Å²) in [6, 6.07) is 7.64. The van der Waals surface area contributed by atoms with Crippen LogP contribution in [0.2, 0.25) is 0 Å². The zero-order valence-electron chi connectivity index (χ0n) is 12.5. The van der Waals surface area contributed by atoms with Gasteiger partial charge in [-0.3, -0.25) is 0 Å². The van der Waals surface area contributed by atoms with Gasteiger partial charge in [0.05, 0.1) is 13.4 Å². The molecule has 21 heavy (non-hydrogen) atoms. The third kappa shape index (κ3) is 2.76. The van der Waals surface area contributed by atoms with Gasteiger partial charge >= 0.3 is 0 Å². The number of benzene rings is 1. The van der Waals surface area contributed by atoms with Crippen LogP contribution in [0.1, 0.15) is 19.3 Å². The summed E-state index contributed by atoms with van der Waals surface area (Å²) in [7, 11) is 1.66. The average Bonchev–Trinajstić information content (AvgIpc) is 2.56. The van der Waals surface area contributed by atoms with Crippen LogP contribution >= 0.6 is 0 Å². The quantitative estimate of drug-likeness (QED) is 0.573. The van der Waals surface area contributed by atoms with E-state index in [4.69, 9.17) is 9.47 Å². The van der Waals surface area contributed by atoms with Crippen LogP contribution in [0.3, 0.4) is 0 Å². The number of fused-ring (bicyclic) bond motifs is 2. The van der Waals surface area contributed by atoms with Crippen molar-refractivity contribution in [2.45, 2.75) is 19.3 Å². The van der Waals surface area contributed by atoms with Gasteiger partial charge in [0.15, 0.2) is 0 Å². The minimum Gasteiger partial charge on any atom is -0.497 e. The van der Waals surface area contributed by atoms with Crippen molar-refractivity contribution in [3.8, 4) is 11.5 Å². The third-order valence-corrected chi connectivity index (χ3v) is 4.80. The van der Waals surface area contributed by atoms with E-state index < -0.39 is 0 Å². The van der Waals surface area contributed by atoms with Gasteiger partial charge in [-0.1, -0.05) is 18.2 Å². The van der Waals surface area contributed by atoms with Crippen molar-refractivity contribution < 1.29 is 9.47 Å². The molecule has 1 saturated carbocycles. The second-order valence-corrected chi connectivity index (χ2v) is 5.94. The van der Waals surface area contributed by atoms with Crippen molar-refractivity contribution in [1.29, 1.82) is 0 Å². The van der Waals surface area contributed by atoms with Gasteiger partial charge in [-0.15, -0.1) is 6.58 Å². The number of hydrogen-bond donors (Lipinski definition) is 0. The summed E-state index contributed by atoms with van der Waals surface area (Å²) in [5, 5.41) is 0. The van der Waals surface area contributed by atoms with E-state index in [9.17, 15) is 0 Å². The highest BCUT2D eigenvalue weighted by Crippen LogP contribution is 2.51. The van der Waals surface area contributed by atoms with Crippen molar-refractivity contribution in [3.05, 3.63) is 61.4 Å². The number of ether oxygens (including phenoxy) is 2. The maximum absolute atomic E-state index is 5.74. The van der Waals surface area contributed by atoms with Crippen molar-refractivity contribution in [2.75, 3.05) is 7.11 Å². The second-order valence-electron chi connectivity index (χ2n) is 5.94. The fourth-order valence-corrected chi connectivity index (χ4v) is 3.45. The van der Waals surface area contributed by atoms with Crippen LogP contribution in [0.15, 0.2) is 61.4 Å². The monoisotopic (exact) mass is 282 g/mol. The summed E-state index contributed by atoms with van der Waals surface area (Å²) in [5.74, 6) is 2.93. The van der Waals surface area contributed by atoms with Crippen LogP contribution < -0.4 is 9.47 Å². The molecule has 2 heteroatoms. The number of rotatable bonds is 5. The van der Waals surface area contributed by atoms with E-state index >= 15 is 0 Å². The zero-order valence-corrected chi connectivity index (χ0v) is 12.5. The van der Waals surface area contributed by atoms with Crippen LogP contribution in [0, 0.1) is 17.3 Å². The van der Waals surface area contributed by atoms with E-state index in [2.05, 4.69) is 30.9 Å². The molecule has 0 radical (unpaired) electrons. The van der Waals surface area contributed by atoms with Crippen molar-refractivity contribution in [3.63, 3.8) is 0 Å². The lowest BCUT2D eigenvalue weighted by atomic mass is 9.59. The fourth-order valence-electron chi connectivity index (χ4n) is 3.45. The minimum absolute atomic E-state index is 0.100. The molecule has 4 rings (SSSR count). The predicted molar refractivity (Wildman–Crippen MR) is 85.4 cm³/mol. The lowest BCUT2D eigenvalue weighted by Crippen LogP contribution is -2.36. The van der Waals surface area contributed by atoms with Crippen molar-refractivity contribution in [1.82, 2.24) is 0 Å². The van der Waals surface area contributed by atoms with Crippen LogP contribution in [0.5, 0.6) is 11.5 Å². The van der Waals surface area contributed by atoms with E-state index in [1.54, 1.807) is 7.11 Å². The predicted octanol–water partition coefficient (Wildman–Crippen LogP) is 4.75. The highest BCUT2D eigenvalue weighted by molar-refractivity contribution is 5.32. The molecule has 3 aliphatic carbocycles. The SMILES string of the molecule is C=C[C@H]1C[C@H]2C=C[C@@]1(/C=C/Oc1ccc(OC)cc1)CC2. The Balaban J connectivity index is 1.70. The number of allylic oxidation sites excluding steroid dienone is 4. The van der Waals surface area contributed by atoms with Crippen molar-refractivity contribution in [2.24, 2.45) is 17.3 Å². The first-order valence-electron chi connectivity index (χ1n) is 7.56. The van der Waals surface area contributed by atoms with Crippen LogP contribution in [0.25, 0.3) is 0 Å². The van der Waals surface area contributed by atoms with Gasteiger partial charge in [0.2, 0.25) is 0 Å². The molecule has 0 saturated heterocycles. The Morgan fingerprint density at radius 1 is 1.24 bits per heavy atom. The molecule has 3 atom stereocenters. The summed E-state index contributed by atoms with van der Waals surface area (Å²) in [6.45, 7) is 4.01. The molecule has 0 spiro atoms. The Labute approximate surface area is 126 Å². The van der Waals surface area contributed by atoms with Crippen LogP contribution in [0.4, 0.5) is 0 Å². The second kappa shape index (κ2) is 5.80. The summed E-state index contributed by atoms with van der Waals surface area (Å²) < 4.78 is 10.9. The lowest BCUT2D eigenvalue weighted by Gasteiger charge is -2.45. The van der Waals surface area contributed by atoms with Gasteiger partial charge in [0.1, 0.15) is 11.5 Å². The fraction of sp³-hybridized carbons (Fsp3) is 0.368. The van der Waals surface area contributed by atoms with E-state index in [1.807, 2.05) is 30.5 Å². The highest BCUT2D eigenvalue weighted by Gasteiger charge is 2.41. The van der Waals surface area contributed by atoms with Crippen LogP contribution in [-0.2, 0) is 0 Å². The summed E-state index contributed by atoms with van der Waals surface area (Å²) in [4.78, 5) is 0. The Kier molecular flexibility index (Phi) is 3.87. The largest absolute Gasteiger partial charge is 0.497 e. The molecule has 2 bridgehead atoms. The molecule has 0 unspecified atom stereocenters. The Morgan fingerprint density at radius 3 is 2.62 bits per heavy atom. The molecule has 110 valence electrons. The Morgan fingerprint density at radius 2 is 2.00 bits per heavy atom. The maximum atomic E-state index is 5.74. The average molecular weight is 282 g/mol. The molecule has 2 nitrogen and oxygen atoms in total. The normalized spacial score (nSPS) is 30.5. The molecule has 1 fully saturated rings. The third-order valence-electron chi connectivity index (χ3n) is 4.80. The number of methoxy groups -OCH3 is 1. The van der Waals surface area contributed by atoms with Gasteiger partial charge in [-0.2, -0.15) is 0 Å². The standard InChI is InChI=1S/C19H22O2/c1-3-16-14-15-8-10-19(16,11-9-15)12-13-21-18-6-4-17(20-2)5-7-18/h3-8,10,12-13,15-16H,1,9,11,14H2,2H3/b13-12+/t15-,16-,19-/m0/s1. The summed E-state index contributed by atoms with van der Waals surface area (Å²) in [6.07, 6.45) is 14.5. The molecule has 0 heterocycles. The van der Waals surface area contributed by atoms with E-state index in [0.717, 1.165) is 17.4 Å². The summed E-state index contributed by atoms with van der Waals surface area (Å²) in [5.41, 5.74) is 0.100. The first-order chi connectivity index (χ1) is 10.3. The molecule has 0 N–H and O–H groups in total. The molecule has 1 aromatic carbocycles. The molecular formula is C19H22O2. The number of hydrogen-bond acceptors (Lipinski definition) is 2. The van der Waals surface area contributed by atoms with Gasteiger partial charge in [0, 0.05) is 5.41 Å². The van der Waals surface area contributed by atoms with Gasteiger partial charge in [-0.05, 0) is 61.4 Å². The van der Waals surface area contributed by atoms with Gasteiger partial charge in [0.25, 0.3) is 0 Å². The van der Waals surface area contributed by atoms with E-state index in [-0.39, 0.29) is 5.41 Å². The smallest absolute Gasteiger partial charge is 0.126 e. The minimum atomic E-state index is 0.100. The first kappa shape index (κ1) is 14.0. The zero-order chi connectivity index (χ0) is 14.7. The Bertz CT molecular complexity index is 555. The molecule has 3 aliphatic rings.